The highest BCUT2D eigenvalue weighted by Gasteiger charge is 2.32. The summed E-state index contributed by atoms with van der Waals surface area (Å²) in [6.45, 7) is 2.22. The molecule has 2 atom stereocenters. The van der Waals surface area contributed by atoms with E-state index < -0.39 is 0 Å². The van der Waals surface area contributed by atoms with Crippen LogP contribution in [0.25, 0.3) is 0 Å². The Balaban J connectivity index is 2.00. The van der Waals surface area contributed by atoms with Gasteiger partial charge in [-0.2, -0.15) is 0 Å². The maximum atomic E-state index is 13.0. The van der Waals surface area contributed by atoms with Crippen molar-refractivity contribution in [1.82, 2.24) is 5.43 Å². The Labute approximate surface area is 96.0 Å². The molecule has 0 aromatic heterocycles. The van der Waals surface area contributed by atoms with E-state index in [1.165, 1.54) is 18.9 Å². The van der Waals surface area contributed by atoms with Crippen molar-refractivity contribution in [2.75, 3.05) is 0 Å². The molecule has 88 valence electrons. The Kier molecular flexibility index (Phi) is 3.56. The highest BCUT2D eigenvalue weighted by Crippen LogP contribution is 2.38. The van der Waals surface area contributed by atoms with Crippen molar-refractivity contribution in [3.05, 3.63) is 35.6 Å². The highest BCUT2D eigenvalue weighted by atomic mass is 19.1. The lowest BCUT2D eigenvalue weighted by molar-refractivity contribution is 0.343. The quantitative estimate of drug-likeness (QED) is 0.592. The summed E-state index contributed by atoms with van der Waals surface area (Å²) in [4.78, 5) is 0. The number of halogens is 1. The van der Waals surface area contributed by atoms with Gasteiger partial charge in [-0.3, -0.25) is 11.3 Å². The number of hydrogen-bond acceptors (Lipinski definition) is 2. The minimum absolute atomic E-state index is 0.174. The molecule has 1 fully saturated rings. The Bertz CT molecular complexity index is 350. The summed E-state index contributed by atoms with van der Waals surface area (Å²) in [7, 11) is 0. The average Bonchev–Trinajstić information content (AvgIpc) is 3.09. The van der Waals surface area contributed by atoms with Gasteiger partial charge in [-0.15, -0.1) is 0 Å². The zero-order chi connectivity index (χ0) is 11.5. The number of nitrogens with one attached hydrogen (secondary N) is 1. The Morgan fingerprint density at radius 3 is 2.81 bits per heavy atom. The number of hydrogen-bond donors (Lipinski definition) is 2. The zero-order valence-electron chi connectivity index (χ0n) is 9.62. The van der Waals surface area contributed by atoms with Gasteiger partial charge < -0.3 is 0 Å². The van der Waals surface area contributed by atoms with Gasteiger partial charge in [-0.1, -0.05) is 19.1 Å². The van der Waals surface area contributed by atoms with Crippen molar-refractivity contribution in [3.63, 3.8) is 0 Å². The van der Waals surface area contributed by atoms with Gasteiger partial charge in [0.1, 0.15) is 5.82 Å². The van der Waals surface area contributed by atoms with Crippen LogP contribution >= 0.6 is 0 Å². The summed E-state index contributed by atoms with van der Waals surface area (Å²) in [5, 5.41) is 0. The van der Waals surface area contributed by atoms with Gasteiger partial charge in [0.05, 0.1) is 0 Å². The molecule has 0 amide bonds. The van der Waals surface area contributed by atoms with Crippen molar-refractivity contribution in [2.45, 2.75) is 32.2 Å². The molecule has 3 heteroatoms. The van der Waals surface area contributed by atoms with Crippen LogP contribution < -0.4 is 11.3 Å². The molecule has 0 heterocycles. The van der Waals surface area contributed by atoms with E-state index in [1.54, 1.807) is 12.1 Å². The summed E-state index contributed by atoms with van der Waals surface area (Å²) in [6, 6.07) is 7.00. The molecule has 0 spiro atoms. The third-order valence-electron chi connectivity index (χ3n) is 3.56. The molecule has 1 aromatic rings. The molecule has 0 aliphatic heterocycles. The van der Waals surface area contributed by atoms with Gasteiger partial charge >= 0.3 is 0 Å². The van der Waals surface area contributed by atoms with Gasteiger partial charge in [0.25, 0.3) is 0 Å². The van der Waals surface area contributed by atoms with Crippen LogP contribution in [0.4, 0.5) is 4.39 Å². The molecule has 3 N–H and O–H groups in total. The van der Waals surface area contributed by atoms with Crippen molar-refractivity contribution in [1.29, 1.82) is 0 Å². The third-order valence-corrected chi connectivity index (χ3v) is 3.56. The van der Waals surface area contributed by atoms with E-state index in [9.17, 15) is 4.39 Å². The van der Waals surface area contributed by atoms with Crippen molar-refractivity contribution in [2.24, 2.45) is 17.7 Å². The summed E-state index contributed by atoms with van der Waals surface area (Å²) in [5.74, 6) is 6.77. The molecular formula is C13H19FN2. The fraction of sp³-hybridized carbons (Fsp3) is 0.538. The van der Waals surface area contributed by atoms with Crippen molar-refractivity contribution in [3.8, 4) is 0 Å². The molecule has 1 aliphatic rings. The summed E-state index contributed by atoms with van der Waals surface area (Å²) in [6.07, 6.45) is 3.41. The van der Waals surface area contributed by atoms with Crippen molar-refractivity contribution < 1.29 is 4.39 Å². The fourth-order valence-electron chi connectivity index (χ4n) is 2.27. The first-order chi connectivity index (χ1) is 7.70. The summed E-state index contributed by atoms with van der Waals surface area (Å²) in [5.41, 5.74) is 3.88. The van der Waals surface area contributed by atoms with E-state index in [1.807, 2.05) is 6.07 Å². The third kappa shape index (κ3) is 2.80. The standard InChI is InChI=1S/C13H19FN2/c1-9(11-5-6-11)13(16-15)8-10-3-2-4-12(14)7-10/h2-4,7,9,11,13,16H,5-6,8,15H2,1H3. The SMILES string of the molecule is CC(C1CC1)C(Cc1cccc(F)c1)NN. The van der Waals surface area contributed by atoms with Crippen LogP contribution in [0.15, 0.2) is 24.3 Å². The molecule has 2 unspecified atom stereocenters. The smallest absolute Gasteiger partial charge is 0.123 e. The number of benzene rings is 1. The fourth-order valence-corrected chi connectivity index (χ4v) is 2.27. The van der Waals surface area contributed by atoms with Gasteiger partial charge in [-0.05, 0) is 48.8 Å². The zero-order valence-corrected chi connectivity index (χ0v) is 9.62. The van der Waals surface area contributed by atoms with Crippen molar-refractivity contribution >= 4 is 0 Å². The number of nitrogens with two attached hydrogens (primary N) is 1. The maximum Gasteiger partial charge on any atom is 0.123 e. The van der Waals surface area contributed by atoms with Crippen LogP contribution in [-0.2, 0) is 6.42 Å². The lowest BCUT2D eigenvalue weighted by atomic mass is 9.92. The van der Waals surface area contributed by atoms with Crippen LogP contribution in [0.5, 0.6) is 0 Å². The van der Waals surface area contributed by atoms with E-state index in [-0.39, 0.29) is 11.9 Å². The summed E-state index contributed by atoms with van der Waals surface area (Å²) >= 11 is 0. The Morgan fingerprint density at radius 1 is 1.50 bits per heavy atom. The summed E-state index contributed by atoms with van der Waals surface area (Å²) < 4.78 is 13.0. The van der Waals surface area contributed by atoms with E-state index in [4.69, 9.17) is 5.84 Å². The molecule has 1 aromatic carbocycles. The Hall–Kier alpha value is -0.930. The second-order valence-electron chi connectivity index (χ2n) is 4.80. The minimum Gasteiger partial charge on any atom is -0.271 e. The second-order valence-corrected chi connectivity index (χ2v) is 4.80. The highest BCUT2D eigenvalue weighted by molar-refractivity contribution is 5.17. The normalized spacial score (nSPS) is 19.4. The van der Waals surface area contributed by atoms with Crippen LogP contribution in [0, 0.1) is 17.7 Å². The predicted octanol–water partition coefficient (Wildman–Crippen LogP) is 2.25. The molecular weight excluding hydrogens is 203 g/mol. The lowest BCUT2D eigenvalue weighted by Crippen LogP contribution is -2.42. The average molecular weight is 222 g/mol. The van der Waals surface area contributed by atoms with Crippen LogP contribution in [0.2, 0.25) is 0 Å². The van der Waals surface area contributed by atoms with Gasteiger partial charge in [0.15, 0.2) is 0 Å². The van der Waals surface area contributed by atoms with Gasteiger partial charge in [0.2, 0.25) is 0 Å². The number of rotatable bonds is 5. The molecule has 2 rings (SSSR count). The first-order valence-corrected chi connectivity index (χ1v) is 5.91. The van der Waals surface area contributed by atoms with E-state index >= 15 is 0 Å². The first-order valence-electron chi connectivity index (χ1n) is 5.91. The lowest BCUT2D eigenvalue weighted by Gasteiger charge is -2.23. The molecule has 16 heavy (non-hydrogen) atoms. The van der Waals surface area contributed by atoms with Crippen LogP contribution in [-0.4, -0.2) is 6.04 Å². The molecule has 2 nitrogen and oxygen atoms in total. The Morgan fingerprint density at radius 2 is 2.25 bits per heavy atom. The van der Waals surface area contributed by atoms with Crippen LogP contribution in [0.1, 0.15) is 25.3 Å². The van der Waals surface area contributed by atoms with Crippen LogP contribution in [0.3, 0.4) is 0 Å². The molecule has 1 saturated carbocycles. The predicted molar refractivity (Wildman–Crippen MR) is 63.1 cm³/mol. The number of hydrazine groups is 1. The van der Waals surface area contributed by atoms with Gasteiger partial charge in [0, 0.05) is 6.04 Å². The topological polar surface area (TPSA) is 38.0 Å². The molecule has 0 saturated heterocycles. The van der Waals surface area contributed by atoms with Gasteiger partial charge in [-0.25, -0.2) is 4.39 Å². The monoisotopic (exact) mass is 222 g/mol. The van der Waals surface area contributed by atoms with E-state index in [0.29, 0.717) is 5.92 Å². The molecule has 0 radical (unpaired) electrons. The van der Waals surface area contributed by atoms with E-state index in [2.05, 4.69) is 12.3 Å². The minimum atomic E-state index is -0.174. The molecule has 0 bridgehead atoms. The second kappa shape index (κ2) is 4.93. The first kappa shape index (κ1) is 11.6. The maximum absolute atomic E-state index is 13.0. The van der Waals surface area contributed by atoms with E-state index in [0.717, 1.165) is 17.9 Å². The molecule has 1 aliphatic carbocycles. The largest absolute Gasteiger partial charge is 0.271 e.